The Hall–Kier alpha value is -1.79. The number of hydrogen-bond acceptors (Lipinski definition) is 2. The van der Waals surface area contributed by atoms with Gasteiger partial charge in [-0.2, -0.15) is 5.26 Å². The van der Waals surface area contributed by atoms with E-state index >= 15 is 0 Å². The molecule has 1 atom stereocenters. The summed E-state index contributed by atoms with van der Waals surface area (Å²) in [6.07, 6.45) is 0. The minimum absolute atomic E-state index is 0.365. The molecule has 2 aromatic rings. The highest BCUT2D eigenvalue weighted by molar-refractivity contribution is 9.10. The minimum atomic E-state index is -0.365. The first kappa shape index (κ1) is 13.6. The Labute approximate surface area is 122 Å². The third-order valence-electron chi connectivity index (χ3n) is 3.04. The number of anilines is 1. The van der Waals surface area contributed by atoms with E-state index in [2.05, 4.69) is 27.3 Å². The van der Waals surface area contributed by atoms with Crippen LogP contribution in [-0.4, -0.2) is 0 Å². The van der Waals surface area contributed by atoms with E-state index < -0.39 is 0 Å². The van der Waals surface area contributed by atoms with Crippen LogP contribution in [0.1, 0.15) is 22.7 Å². The summed E-state index contributed by atoms with van der Waals surface area (Å²) in [4.78, 5) is 0. The predicted molar refractivity (Wildman–Crippen MR) is 82.0 cm³/mol. The number of para-hydroxylation sites is 1. The highest BCUT2D eigenvalue weighted by atomic mass is 79.9. The minimum Gasteiger partial charge on any atom is -0.366 e. The maximum atomic E-state index is 9.39. The molecule has 1 N–H and O–H groups in total. The molecule has 2 aromatic carbocycles. The van der Waals surface area contributed by atoms with Crippen molar-refractivity contribution in [3.05, 3.63) is 63.6 Å². The highest BCUT2D eigenvalue weighted by Gasteiger charge is 2.14. The average Bonchev–Trinajstić information content (AvgIpc) is 2.39. The largest absolute Gasteiger partial charge is 0.366 e. The molecular weight excluding hydrogens is 300 g/mol. The number of halogens is 1. The molecule has 0 bridgehead atoms. The van der Waals surface area contributed by atoms with Gasteiger partial charge in [0.2, 0.25) is 0 Å². The second-order valence-corrected chi connectivity index (χ2v) is 5.40. The number of nitrogens with one attached hydrogen (secondary N) is 1. The van der Waals surface area contributed by atoms with Crippen molar-refractivity contribution < 1.29 is 0 Å². The number of benzene rings is 2. The molecule has 2 nitrogen and oxygen atoms in total. The van der Waals surface area contributed by atoms with Gasteiger partial charge in [0, 0.05) is 15.7 Å². The van der Waals surface area contributed by atoms with Crippen molar-refractivity contribution in [1.82, 2.24) is 0 Å². The van der Waals surface area contributed by atoms with Gasteiger partial charge in [-0.05, 0) is 37.1 Å². The van der Waals surface area contributed by atoms with Crippen LogP contribution in [0, 0.1) is 25.2 Å². The average molecular weight is 315 g/mol. The van der Waals surface area contributed by atoms with Crippen LogP contribution in [0.25, 0.3) is 0 Å². The third kappa shape index (κ3) is 3.15. The van der Waals surface area contributed by atoms with Crippen LogP contribution in [0.15, 0.2) is 46.9 Å². The number of nitriles is 1. The van der Waals surface area contributed by atoms with Gasteiger partial charge in [-0.3, -0.25) is 0 Å². The van der Waals surface area contributed by atoms with E-state index in [0.717, 1.165) is 21.3 Å². The number of hydrogen-bond donors (Lipinski definition) is 1. The lowest BCUT2D eigenvalue weighted by atomic mass is 10.1. The molecule has 2 rings (SSSR count). The summed E-state index contributed by atoms with van der Waals surface area (Å²) in [5.41, 5.74) is 4.24. The molecule has 0 amide bonds. The first-order valence-corrected chi connectivity index (χ1v) is 6.89. The van der Waals surface area contributed by atoms with Gasteiger partial charge in [0.25, 0.3) is 0 Å². The summed E-state index contributed by atoms with van der Waals surface area (Å²) in [6, 6.07) is 16.0. The molecule has 0 fully saturated rings. The molecular formula is C16H15BrN2. The maximum Gasteiger partial charge on any atom is 0.141 e. The lowest BCUT2D eigenvalue weighted by Crippen LogP contribution is -2.10. The zero-order valence-corrected chi connectivity index (χ0v) is 12.5. The summed E-state index contributed by atoms with van der Waals surface area (Å²) in [7, 11) is 0. The monoisotopic (exact) mass is 314 g/mol. The molecule has 3 heteroatoms. The fourth-order valence-corrected chi connectivity index (χ4v) is 2.66. The van der Waals surface area contributed by atoms with Crippen molar-refractivity contribution in [1.29, 1.82) is 5.26 Å². The van der Waals surface area contributed by atoms with Crippen molar-refractivity contribution in [2.24, 2.45) is 0 Å². The quantitative estimate of drug-likeness (QED) is 0.888. The SMILES string of the molecule is Cc1ccc(C(C#N)Nc2ccccc2C)c(Br)c1. The second kappa shape index (κ2) is 5.90. The van der Waals surface area contributed by atoms with Gasteiger partial charge in [0.05, 0.1) is 6.07 Å². The summed E-state index contributed by atoms with van der Waals surface area (Å²) in [6.45, 7) is 4.06. The van der Waals surface area contributed by atoms with E-state index in [4.69, 9.17) is 0 Å². The molecule has 0 heterocycles. The van der Waals surface area contributed by atoms with Gasteiger partial charge in [-0.15, -0.1) is 0 Å². The third-order valence-corrected chi connectivity index (χ3v) is 3.73. The number of rotatable bonds is 3. The van der Waals surface area contributed by atoms with Crippen LogP contribution in [0.5, 0.6) is 0 Å². The standard InChI is InChI=1S/C16H15BrN2/c1-11-7-8-13(14(17)9-11)16(10-18)19-15-6-4-3-5-12(15)2/h3-9,16,19H,1-2H3. The Balaban J connectivity index is 2.31. The topological polar surface area (TPSA) is 35.8 Å². The predicted octanol–water partition coefficient (Wildman–Crippen LogP) is 4.74. The van der Waals surface area contributed by atoms with Crippen LogP contribution < -0.4 is 5.32 Å². The summed E-state index contributed by atoms with van der Waals surface area (Å²) >= 11 is 3.53. The molecule has 19 heavy (non-hydrogen) atoms. The molecule has 96 valence electrons. The van der Waals surface area contributed by atoms with E-state index in [9.17, 15) is 5.26 Å². The van der Waals surface area contributed by atoms with E-state index in [1.54, 1.807) is 0 Å². The first-order chi connectivity index (χ1) is 9.11. The van der Waals surface area contributed by atoms with Crippen LogP contribution in [0.2, 0.25) is 0 Å². The Morgan fingerprint density at radius 1 is 1.16 bits per heavy atom. The Morgan fingerprint density at radius 2 is 1.89 bits per heavy atom. The zero-order chi connectivity index (χ0) is 13.8. The van der Waals surface area contributed by atoms with Gasteiger partial charge >= 0.3 is 0 Å². The van der Waals surface area contributed by atoms with Crippen LogP contribution in [-0.2, 0) is 0 Å². The van der Waals surface area contributed by atoms with Crippen molar-refractivity contribution in [2.75, 3.05) is 5.32 Å². The van der Waals surface area contributed by atoms with Crippen molar-refractivity contribution >= 4 is 21.6 Å². The van der Waals surface area contributed by atoms with Crippen LogP contribution in [0.3, 0.4) is 0 Å². The van der Waals surface area contributed by atoms with Crippen LogP contribution in [0.4, 0.5) is 5.69 Å². The second-order valence-electron chi connectivity index (χ2n) is 4.55. The molecule has 0 saturated heterocycles. The van der Waals surface area contributed by atoms with E-state index in [-0.39, 0.29) is 6.04 Å². The summed E-state index contributed by atoms with van der Waals surface area (Å²) < 4.78 is 0.958. The Morgan fingerprint density at radius 3 is 2.53 bits per heavy atom. The van der Waals surface area contributed by atoms with Gasteiger partial charge in [-0.25, -0.2) is 0 Å². The normalized spacial score (nSPS) is 11.7. The smallest absolute Gasteiger partial charge is 0.141 e. The van der Waals surface area contributed by atoms with Gasteiger partial charge in [0.15, 0.2) is 0 Å². The molecule has 0 radical (unpaired) electrons. The zero-order valence-electron chi connectivity index (χ0n) is 10.9. The van der Waals surface area contributed by atoms with E-state index in [1.165, 1.54) is 5.56 Å². The number of nitrogens with zero attached hydrogens (tertiary/aromatic N) is 1. The van der Waals surface area contributed by atoms with E-state index in [1.807, 2.05) is 56.3 Å². The van der Waals surface area contributed by atoms with Gasteiger partial charge in [-0.1, -0.05) is 46.3 Å². The molecule has 0 aromatic heterocycles. The molecule has 0 spiro atoms. The van der Waals surface area contributed by atoms with Crippen molar-refractivity contribution in [2.45, 2.75) is 19.9 Å². The number of aryl methyl sites for hydroxylation is 2. The highest BCUT2D eigenvalue weighted by Crippen LogP contribution is 2.28. The first-order valence-electron chi connectivity index (χ1n) is 6.09. The van der Waals surface area contributed by atoms with Crippen molar-refractivity contribution in [3.63, 3.8) is 0 Å². The van der Waals surface area contributed by atoms with Crippen molar-refractivity contribution in [3.8, 4) is 6.07 Å². The van der Waals surface area contributed by atoms with Gasteiger partial charge in [0.1, 0.15) is 6.04 Å². The molecule has 1 unspecified atom stereocenters. The lowest BCUT2D eigenvalue weighted by Gasteiger charge is -2.16. The lowest BCUT2D eigenvalue weighted by molar-refractivity contribution is 0.984. The van der Waals surface area contributed by atoms with Gasteiger partial charge < -0.3 is 5.32 Å². The summed E-state index contributed by atoms with van der Waals surface area (Å²) in [5, 5.41) is 12.7. The molecule has 0 saturated carbocycles. The fourth-order valence-electron chi connectivity index (χ4n) is 1.94. The van der Waals surface area contributed by atoms with Crippen LogP contribution >= 0.6 is 15.9 Å². The Bertz CT molecular complexity index is 629. The van der Waals surface area contributed by atoms with E-state index in [0.29, 0.717) is 0 Å². The Kier molecular flexibility index (Phi) is 4.24. The maximum absolute atomic E-state index is 9.39. The molecule has 0 aliphatic carbocycles. The molecule has 0 aliphatic heterocycles. The molecule has 0 aliphatic rings. The summed E-state index contributed by atoms with van der Waals surface area (Å²) in [5.74, 6) is 0. The fraction of sp³-hybridized carbons (Fsp3) is 0.188.